The normalized spacial score (nSPS) is 9.90. The summed E-state index contributed by atoms with van der Waals surface area (Å²) in [5, 5.41) is 20.8. The summed E-state index contributed by atoms with van der Waals surface area (Å²) < 4.78 is 31.1. The number of aliphatic carboxylic acids is 1. The maximum absolute atomic E-state index is 13.7. The Labute approximate surface area is 184 Å². The monoisotopic (exact) mass is 442 g/mol. The molecule has 0 bridgehead atoms. The van der Waals surface area contributed by atoms with Crippen LogP contribution in [0.2, 0.25) is 0 Å². The first-order chi connectivity index (χ1) is 14.8. The van der Waals surface area contributed by atoms with Crippen LogP contribution in [0.25, 0.3) is 11.1 Å². The Morgan fingerprint density at radius 1 is 1.13 bits per heavy atom. The van der Waals surface area contributed by atoms with Crippen molar-refractivity contribution in [3.05, 3.63) is 83.4 Å². The van der Waals surface area contributed by atoms with Crippen molar-refractivity contribution in [3.63, 3.8) is 0 Å². The van der Waals surface area contributed by atoms with Gasteiger partial charge >= 0.3 is 5.97 Å². The van der Waals surface area contributed by atoms with Gasteiger partial charge < -0.3 is 15.2 Å². The quantitative estimate of drug-likeness (QED) is 0.484. The van der Waals surface area contributed by atoms with Crippen molar-refractivity contribution in [1.29, 1.82) is 5.26 Å². The molecule has 3 rings (SSSR count). The zero-order chi connectivity index (χ0) is 22.8. The van der Waals surface area contributed by atoms with Crippen LogP contribution in [0.4, 0.5) is 8.78 Å². The van der Waals surface area contributed by atoms with E-state index in [2.05, 4.69) is 17.9 Å². The van der Waals surface area contributed by atoms with Crippen LogP contribution < -0.4 is 10.1 Å². The summed E-state index contributed by atoms with van der Waals surface area (Å²) in [4.78, 5) is 11.4. The van der Waals surface area contributed by atoms with Crippen LogP contribution >= 0.6 is 12.6 Å². The van der Waals surface area contributed by atoms with E-state index in [4.69, 9.17) is 15.1 Å². The standard InChI is InChI=1S/C17H15FN2O3.C6H5FS/c1-20-9-11-2-3-16(23-10-17(21)22)15(6-11)13-4-12(8-19)5-14(18)7-13;7-5-2-1-3-6(8)4-5/h2-7,20H,9-10H2,1H3,(H,21,22);1-4,8H. The number of nitrogens with one attached hydrogen (secondary N) is 1. The van der Waals surface area contributed by atoms with Gasteiger partial charge in [0.2, 0.25) is 0 Å². The first kappa shape index (κ1) is 23.9. The molecule has 0 heterocycles. The maximum Gasteiger partial charge on any atom is 0.341 e. The molecular formula is C23H20F2N2O3S. The Morgan fingerprint density at radius 3 is 2.48 bits per heavy atom. The fraction of sp³-hybridized carbons (Fsp3) is 0.130. The molecule has 0 saturated carbocycles. The van der Waals surface area contributed by atoms with Crippen molar-refractivity contribution in [2.24, 2.45) is 0 Å². The van der Waals surface area contributed by atoms with E-state index in [9.17, 15) is 13.6 Å². The Hall–Kier alpha value is -3.41. The SMILES string of the molecule is CNCc1ccc(OCC(=O)O)c(-c2cc(F)cc(C#N)c2)c1.Fc1cccc(S)c1. The van der Waals surface area contributed by atoms with E-state index in [0.29, 0.717) is 28.3 Å². The lowest BCUT2D eigenvalue weighted by molar-refractivity contribution is -0.139. The third-order valence-electron chi connectivity index (χ3n) is 3.92. The number of thiol groups is 1. The smallest absolute Gasteiger partial charge is 0.341 e. The lowest BCUT2D eigenvalue weighted by Gasteiger charge is -2.13. The van der Waals surface area contributed by atoms with E-state index >= 15 is 0 Å². The van der Waals surface area contributed by atoms with E-state index < -0.39 is 18.4 Å². The number of hydrogen-bond donors (Lipinski definition) is 3. The molecule has 0 atom stereocenters. The van der Waals surface area contributed by atoms with Crippen molar-refractivity contribution >= 4 is 18.6 Å². The molecule has 0 aliphatic rings. The molecule has 160 valence electrons. The second-order valence-corrected chi connectivity index (χ2v) is 6.88. The molecule has 0 saturated heterocycles. The number of benzene rings is 3. The second kappa shape index (κ2) is 11.7. The van der Waals surface area contributed by atoms with Crippen LogP contribution in [0.1, 0.15) is 11.1 Å². The molecule has 0 fully saturated rings. The summed E-state index contributed by atoms with van der Waals surface area (Å²) in [6.07, 6.45) is 0. The van der Waals surface area contributed by atoms with Crippen molar-refractivity contribution in [3.8, 4) is 22.9 Å². The predicted octanol–water partition coefficient (Wildman–Crippen LogP) is 4.66. The number of nitrogens with zero attached hydrogens (tertiary/aromatic N) is 1. The average Bonchev–Trinajstić information content (AvgIpc) is 2.72. The number of carbonyl (C=O) groups is 1. The van der Waals surface area contributed by atoms with Crippen molar-refractivity contribution in [2.75, 3.05) is 13.7 Å². The molecule has 0 spiro atoms. The van der Waals surface area contributed by atoms with Gasteiger partial charge in [-0.2, -0.15) is 5.26 Å². The molecule has 31 heavy (non-hydrogen) atoms. The molecule has 0 unspecified atom stereocenters. The van der Waals surface area contributed by atoms with E-state index in [0.717, 1.165) is 11.6 Å². The van der Waals surface area contributed by atoms with Crippen molar-refractivity contribution in [1.82, 2.24) is 5.32 Å². The Balaban J connectivity index is 0.000000357. The average molecular weight is 442 g/mol. The summed E-state index contributed by atoms with van der Waals surface area (Å²) in [5.74, 6) is -1.56. The summed E-state index contributed by atoms with van der Waals surface area (Å²) in [5.41, 5.74) is 2.10. The number of nitriles is 1. The topological polar surface area (TPSA) is 82.3 Å². The van der Waals surface area contributed by atoms with E-state index in [1.807, 2.05) is 6.07 Å². The van der Waals surface area contributed by atoms with E-state index in [1.54, 1.807) is 37.4 Å². The maximum atomic E-state index is 13.7. The Bertz CT molecular complexity index is 1080. The fourth-order valence-electron chi connectivity index (χ4n) is 2.67. The highest BCUT2D eigenvalue weighted by atomic mass is 32.1. The largest absolute Gasteiger partial charge is 0.481 e. The van der Waals surface area contributed by atoms with E-state index in [-0.39, 0.29) is 11.4 Å². The van der Waals surface area contributed by atoms with Crippen LogP contribution in [0.15, 0.2) is 65.6 Å². The van der Waals surface area contributed by atoms with Gasteiger partial charge in [0.1, 0.15) is 17.4 Å². The van der Waals surface area contributed by atoms with Crippen LogP contribution in [0.5, 0.6) is 5.75 Å². The molecule has 0 aliphatic carbocycles. The zero-order valence-electron chi connectivity index (χ0n) is 16.6. The van der Waals surface area contributed by atoms with Crippen LogP contribution in [0.3, 0.4) is 0 Å². The summed E-state index contributed by atoms with van der Waals surface area (Å²) in [6.45, 7) is 0.0887. The molecule has 0 amide bonds. The molecule has 3 aromatic carbocycles. The first-order valence-corrected chi connectivity index (χ1v) is 9.55. The van der Waals surface area contributed by atoms with E-state index in [1.165, 1.54) is 24.3 Å². The van der Waals surface area contributed by atoms with Gasteiger partial charge in [0, 0.05) is 17.0 Å². The van der Waals surface area contributed by atoms with Crippen molar-refractivity contribution in [2.45, 2.75) is 11.4 Å². The predicted molar refractivity (Wildman–Crippen MR) is 116 cm³/mol. The van der Waals surface area contributed by atoms with Gasteiger partial charge in [-0.15, -0.1) is 12.6 Å². The molecule has 0 radical (unpaired) electrons. The number of hydrogen-bond acceptors (Lipinski definition) is 5. The van der Waals surface area contributed by atoms with Gasteiger partial charge in [0.25, 0.3) is 0 Å². The molecule has 0 aromatic heterocycles. The van der Waals surface area contributed by atoms with Gasteiger partial charge in [-0.3, -0.25) is 0 Å². The first-order valence-electron chi connectivity index (χ1n) is 9.10. The third kappa shape index (κ3) is 7.74. The Kier molecular flexibility index (Phi) is 9.00. The molecule has 2 N–H and O–H groups in total. The molecule has 0 aliphatic heterocycles. The van der Waals surface area contributed by atoms with Gasteiger partial charge in [-0.1, -0.05) is 12.1 Å². The lowest BCUT2D eigenvalue weighted by Crippen LogP contribution is -2.10. The summed E-state index contributed by atoms with van der Waals surface area (Å²) >= 11 is 3.91. The van der Waals surface area contributed by atoms with Crippen LogP contribution in [0, 0.1) is 23.0 Å². The van der Waals surface area contributed by atoms with Gasteiger partial charge in [-0.25, -0.2) is 13.6 Å². The summed E-state index contributed by atoms with van der Waals surface area (Å²) in [6, 6.07) is 17.2. The third-order valence-corrected chi connectivity index (χ3v) is 4.20. The lowest BCUT2D eigenvalue weighted by atomic mass is 10.00. The fourth-order valence-corrected chi connectivity index (χ4v) is 2.88. The molecule has 3 aromatic rings. The van der Waals surface area contributed by atoms with Crippen LogP contribution in [-0.2, 0) is 11.3 Å². The van der Waals surface area contributed by atoms with Crippen LogP contribution in [-0.4, -0.2) is 24.7 Å². The highest BCUT2D eigenvalue weighted by Crippen LogP contribution is 2.32. The number of carboxylic acid groups (broad SMARTS) is 1. The highest BCUT2D eigenvalue weighted by Gasteiger charge is 2.12. The van der Waals surface area contributed by atoms with Gasteiger partial charge in [-0.05, 0) is 66.7 Å². The second-order valence-electron chi connectivity index (χ2n) is 6.36. The Morgan fingerprint density at radius 2 is 1.90 bits per heavy atom. The number of halogens is 2. The highest BCUT2D eigenvalue weighted by molar-refractivity contribution is 7.80. The minimum absolute atomic E-state index is 0.184. The van der Waals surface area contributed by atoms with Gasteiger partial charge in [0.05, 0.1) is 11.6 Å². The number of rotatable bonds is 6. The molecule has 5 nitrogen and oxygen atoms in total. The number of carboxylic acids is 1. The van der Waals surface area contributed by atoms with Gasteiger partial charge in [0.15, 0.2) is 6.61 Å². The molecular weight excluding hydrogens is 422 g/mol. The number of ether oxygens (including phenoxy) is 1. The summed E-state index contributed by atoms with van der Waals surface area (Å²) in [7, 11) is 1.80. The minimum atomic E-state index is -1.10. The minimum Gasteiger partial charge on any atom is -0.481 e. The van der Waals surface area contributed by atoms with Crippen molar-refractivity contribution < 1.29 is 23.4 Å². The molecule has 8 heteroatoms. The zero-order valence-corrected chi connectivity index (χ0v) is 17.5.